The number of rotatable bonds is 4. The van der Waals surface area contributed by atoms with Crippen molar-refractivity contribution in [1.82, 2.24) is 4.90 Å². The second-order valence-electron chi connectivity index (χ2n) is 7.73. The molecule has 1 saturated carbocycles. The van der Waals surface area contributed by atoms with E-state index >= 15 is 0 Å². The van der Waals surface area contributed by atoms with E-state index in [0.717, 1.165) is 44.1 Å². The van der Waals surface area contributed by atoms with E-state index in [1.54, 1.807) is 4.90 Å². The number of nitrogens with zero attached hydrogens (tertiary/aromatic N) is 1. The molecular weight excluding hydrogens is 330 g/mol. The van der Waals surface area contributed by atoms with E-state index < -0.39 is 6.04 Å². The molecule has 5 nitrogen and oxygen atoms in total. The van der Waals surface area contributed by atoms with Gasteiger partial charge in [-0.3, -0.25) is 4.79 Å². The third-order valence-electron chi connectivity index (χ3n) is 5.93. The summed E-state index contributed by atoms with van der Waals surface area (Å²) in [5, 5.41) is 0. The first-order valence-corrected chi connectivity index (χ1v) is 9.88. The molecule has 2 fully saturated rings. The lowest BCUT2D eigenvalue weighted by molar-refractivity contribution is -0.156. The zero-order valence-electron chi connectivity index (χ0n) is 15.2. The van der Waals surface area contributed by atoms with E-state index in [1.807, 2.05) is 12.1 Å². The Morgan fingerprint density at radius 3 is 2.69 bits per heavy atom. The standard InChI is InChI=1S/C21H27NO4/c23-20(16-5-2-1-3-6-16)22-10-4-7-19(22)21(24)26-12-15-8-9-17-13-25-14-18(17)11-15/h8-9,11,16,19H,1-7,10,12-14H2. The number of benzene rings is 1. The molecule has 0 spiro atoms. The third kappa shape index (κ3) is 3.63. The lowest BCUT2D eigenvalue weighted by Crippen LogP contribution is -2.44. The Balaban J connectivity index is 1.35. The van der Waals surface area contributed by atoms with Crippen LogP contribution in [0.1, 0.15) is 61.6 Å². The van der Waals surface area contributed by atoms with Crippen molar-refractivity contribution in [3.05, 3.63) is 34.9 Å². The van der Waals surface area contributed by atoms with Gasteiger partial charge in [0.25, 0.3) is 0 Å². The Labute approximate surface area is 154 Å². The van der Waals surface area contributed by atoms with Crippen LogP contribution in [-0.2, 0) is 38.9 Å². The van der Waals surface area contributed by atoms with Crippen molar-refractivity contribution in [3.8, 4) is 0 Å². The fourth-order valence-corrected chi connectivity index (χ4v) is 4.43. The maximum Gasteiger partial charge on any atom is 0.329 e. The number of likely N-dealkylation sites (tertiary alicyclic amines) is 1. The van der Waals surface area contributed by atoms with Gasteiger partial charge in [-0.05, 0) is 48.4 Å². The molecule has 1 aliphatic carbocycles. The SMILES string of the molecule is O=C(OCc1ccc2c(c1)COC2)C1CCCN1C(=O)C1CCCCC1. The smallest absolute Gasteiger partial charge is 0.329 e. The molecular formula is C21H27NO4. The van der Waals surface area contributed by atoms with Crippen LogP contribution in [0.4, 0.5) is 0 Å². The second-order valence-corrected chi connectivity index (χ2v) is 7.73. The highest BCUT2D eigenvalue weighted by Gasteiger charge is 2.38. The molecule has 3 aliphatic rings. The van der Waals surface area contributed by atoms with E-state index in [2.05, 4.69) is 6.07 Å². The number of esters is 1. The van der Waals surface area contributed by atoms with E-state index in [0.29, 0.717) is 19.8 Å². The Kier molecular flexibility index (Phi) is 5.25. The molecule has 1 aromatic carbocycles. The van der Waals surface area contributed by atoms with Gasteiger partial charge in [0.05, 0.1) is 13.2 Å². The fourth-order valence-electron chi connectivity index (χ4n) is 4.43. The third-order valence-corrected chi connectivity index (χ3v) is 5.93. The number of fused-ring (bicyclic) bond motifs is 1. The van der Waals surface area contributed by atoms with Gasteiger partial charge in [0.1, 0.15) is 12.6 Å². The molecule has 0 aromatic heterocycles. The molecule has 26 heavy (non-hydrogen) atoms. The van der Waals surface area contributed by atoms with Crippen LogP contribution in [0.25, 0.3) is 0 Å². The van der Waals surface area contributed by atoms with Crippen LogP contribution in [0.5, 0.6) is 0 Å². The highest BCUT2D eigenvalue weighted by Crippen LogP contribution is 2.29. The van der Waals surface area contributed by atoms with Gasteiger partial charge in [0, 0.05) is 12.5 Å². The molecule has 1 unspecified atom stereocenters. The van der Waals surface area contributed by atoms with Crippen LogP contribution in [0.15, 0.2) is 18.2 Å². The topological polar surface area (TPSA) is 55.8 Å². The van der Waals surface area contributed by atoms with Crippen molar-refractivity contribution in [2.75, 3.05) is 6.54 Å². The van der Waals surface area contributed by atoms with Crippen LogP contribution in [0, 0.1) is 5.92 Å². The molecule has 2 aliphatic heterocycles. The number of carbonyl (C=O) groups is 2. The fraction of sp³-hybridized carbons (Fsp3) is 0.619. The summed E-state index contributed by atoms with van der Waals surface area (Å²) in [6.45, 7) is 2.23. The van der Waals surface area contributed by atoms with Crippen LogP contribution in [-0.4, -0.2) is 29.4 Å². The average Bonchev–Trinajstić information content (AvgIpc) is 3.35. The van der Waals surface area contributed by atoms with Crippen molar-refractivity contribution in [1.29, 1.82) is 0 Å². The maximum atomic E-state index is 12.8. The predicted octanol–water partition coefficient (Wildman–Crippen LogP) is 3.33. The molecule has 0 bridgehead atoms. The molecule has 5 heteroatoms. The van der Waals surface area contributed by atoms with E-state index in [9.17, 15) is 9.59 Å². The Hall–Kier alpha value is -1.88. The number of hydrogen-bond donors (Lipinski definition) is 0. The number of amides is 1. The van der Waals surface area contributed by atoms with Gasteiger partial charge in [0.2, 0.25) is 5.91 Å². The van der Waals surface area contributed by atoms with Crippen molar-refractivity contribution in [2.24, 2.45) is 5.92 Å². The molecule has 0 N–H and O–H groups in total. The minimum Gasteiger partial charge on any atom is -0.459 e. The molecule has 1 aromatic rings. The molecule has 140 valence electrons. The van der Waals surface area contributed by atoms with Gasteiger partial charge in [0.15, 0.2) is 0 Å². The van der Waals surface area contributed by atoms with Gasteiger partial charge in [-0.25, -0.2) is 4.79 Å². The van der Waals surface area contributed by atoms with Gasteiger partial charge < -0.3 is 14.4 Å². The molecule has 1 saturated heterocycles. The monoisotopic (exact) mass is 357 g/mol. The van der Waals surface area contributed by atoms with Gasteiger partial charge in [-0.1, -0.05) is 31.4 Å². The minimum atomic E-state index is -0.401. The summed E-state index contributed by atoms with van der Waals surface area (Å²) in [5.74, 6) is 0.0103. The zero-order chi connectivity index (χ0) is 17.9. The largest absolute Gasteiger partial charge is 0.459 e. The van der Waals surface area contributed by atoms with Crippen molar-refractivity contribution >= 4 is 11.9 Å². The summed E-state index contributed by atoms with van der Waals surface area (Å²) in [7, 11) is 0. The first-order chi connectivity index (χ1) is 12.7. The highest BCUT2D eigenvalue weighted by molar-refractivity contribution is 5.86. The highest BCUT2D eigenvalue weighted by atomic mass is 16.5. The first-order valence-electron chi connectivity index (χ1n) is 9.88. The number of carbonyl (C=O) groups excluding carboxylic acids is 2. The van der Waals surface area contributed by atoms with Crippen LogP contribution < -0.4 is 0 Å². The Morgan fingerprint density at radius 1 is 1.04 bits per heavy atom. The average molecular weight is 357 g/mol. The first kappa shape index (κ1) is 17.5. The second kappa shape index (κ2) is 7.78. The molecule has 4 rings (SSSR count). The van der Waals surface area contributed by atoms with Crippen LogP contribution in [0.3, 0.4) is 0 Å². The molecule has 1 amide bonds. The van der Waals surface area contributed by atoms with E-state index in [4.69, 9.17) is 9.47 Å². The summed E-state index contributed by atoms with van der Waals surface area (Å²) >= 11 is 0. The molecule has 2 heterocycles. The number of hydrogen-bond acceptors (Lipinski definition) is 4. The van der Waals surface area contributed by atoms with E-state index in [-0.39, 0.29) is 24.4 Å². The quantitative estimate of drug-likeness (QED) is 0.776. The number of ether oxygens (including phenoxy) is 2. The van der Waals surface area contributed by atoms with Crippen molar-refractivity contribution < 1.29 is 19.1 Å². The van der Waals surface area contributed by atoms with Gasteiger partial charge >= 0.3 is 5.97 Å². The van der Waals surface area contributed by atoms with Crippen molar-refractivity contribution in [3.63, 3.8) is 0 Å². The summed E-state index contributed by atoms with van der Waals surface area (Å²) in [6.07, 6.45) is 7.01. The summed E-state index contributed by atoms with van der Waals surface area (Å²) in [4.78, 5) is 27.2. The molecule has 1 atom stereocenters. The predicted molar refractivity (Wildman–Crippen MR) is 96.0 cm³/mol. The minimum absolute atomic E-state index is 0.105. The molecule has 0 radical (unpaired) electrons. The Morgan fingerprint density at radius 2 is 1.85 bits per heavy atom. The maximum absolute atomic E-state index is 12.8. The summed E-state index contributed by atoms with van der Waals surface area (Å²) < 4.78 is 11.0. The summed E-state index contributed by atoms with van der Waals surface area (Å²) in [6, 6.07) is 5.68. The van der Waals surface area contributed by atoms with Gasteiger partial charge in [-0.15, -0.1) is 0 Å². The summed E-state index contributed by atoms with van der Waals surface area (Å²) in [5.41, 5.74) is 3.36. The zero-order valence-corrected chi connectivity index (χ0v) is 15.2. The lowest BCUT2D eigenvalue weighted by Gasteiger charge is -2.29. The van der Waals surface area contributed by atoms with Gasteiger partial charge in [-0.2, -0.15) is 0 Å². The Bertz CT molecular complexity index is 681. The normalized spacial score (nSPS) is 23.1. The lowest BCUT2D eigenvalue weighted by atomic mass is 9.88. The van der Waals surface area contributed by atoms with E-state index in [1.165, 1.54) is 17.5 Å². The van der Waals surface area contributed by atoms with Crippen LogP contribution >= 0.6 is 0 Å². The van der Waals surface area contributed by atoms with Crippen LogP contribution in [0.2, 0.25) is 0 Å². The van der Waals surface area contributed by atoms with Crippen molar-refractivity contribution in [2.45, 2.75) is 70.8 Å².